The molecule has 0 saturated heterocycles. The summed E-state index contributed by atoms with van der Waals surface area (Å²) >= 11 is 1.29. The third-order valence-corrected chi connectivity index (χ3v) is 11.6. The molecule has 5 amide bonds. The van der Waals surface area contributed by atoms with Crippen LogP contribution in [-0.2, 0) is 59.2 Å². The van der Waals surface area contributed by atoms with Gasteiger partial charge in [0, 0.05) is 42.3 Å². The fraction of sp³-hybridized carbons (Fsp3) is 0.271. The molecule has 7 rings (SSSR count). The molecule has 3 heterocycles. The summed E-state index contributed by atoms with van der Waals surface area (Å²) < 4.78 is 0. The summed E-state index contributed by atoms with van der Waals surface area (Å²) in [6.07, 6.45) is -5.42. The van der Waals surface area contributed by atoms with E-state index in [2.05, 4.69) is 26.6 Å². The number of anilines is 1. The second-order valence-electron chi connectivity index (χ2n) is 15.5. The molecule has 2 bridgehead atoms. The lowest BCUT2D eigenvalue weighted by Gasteiger charge is -2.27. The number of carbonyl (C=O) groups excluding carboxylic acids is 6. The highest BCUT2D eigenvalue weighted by Crippen LogP contribution is 2.22. The molecule has 332 valence electrons. The first kappa shape index (κ1) is 46.5. The van der Waals surface area contributed by atoms with Crippen LogP contribution in [0.4, 0.5) is 5.69 Å². The molecule has 0 spiro atoms. The molecule has 0 unspecified atom stereocenters. The van der Waals surface area contributed by atoms with Gasteiger partial charge in [-0.05, 0) is 64.2 Å². The van der Waals surface area contributed by atoms with E-state index in [1.807, 2.05) is 54.6 Å². The number of ketones is 1. The average molecular weight is 888 g/mol. The maximum atomic E-state index is 14.6. The highest BCUT2D eigenvalue weighted by atomic mass is 32.1. The number of carboxylic acids is 1. The number of rotatable bonds is 11. The Morgan fingerprint density at radius 3 is 1.80 bits per heavy atom. The van der Waals surface area contributed by atoms with Gasteiger partial charge in [0.05, 0.1) is 12.5 Å². The Morgan fingerprint density at radius 2 is 1.16 bits per heavy atom. The SMILES string of the molecule is O=C(O)CCNC(=O)[C@H]1CC(=O)[C@@H](Cc2ccccc2)NC(=O)[C@H](Cc2ccc(-c3ccccc3)cc2)NC(=O)[C@@H](Cc2cccs2)NC(=O)[C@H](O)[C@@H](O)C(=O)Nc2ccc(cc2)C1. The van der Waals surface area contributed by atoms with Crippen molar-refractivity contribution in [2.75, 3.05) is 11.9 Å². The topological polar surface area (TPSA) is 240 Å². The van der Waals surface area contributed by atoms with Gasteiger partial charge in [-0.3, -0.25) is 33.6 Å². The van der Waals surface area contributed by atoms with E-state index >= 15 is 0 Å². The molecule has 0 saturated carbocycles. The molecule has 2 aliphatic heterocycles. The number of Topliss-reactive ketones (excluding diaryl/α,β-unsaturated/α-hetero) is 1. The van der Waals surface area contributed by atoms with Gasteiger partial charge in [-0.15, -0.1) is 11.3 Å². The molecule has 0 aliphatic carbocycles. The zero-order chi connectivity index (χ0) is 45.6. The number of fused-ring (bicyclic) bond motifs is 18. The van der Waals surface area contributed by atoms with Crippen LogP contribution in [0.2, 0.25) is 0 Å². The van der Waals surface area contributed by atoms with Crippen molar-refractivity contribution in [3.05, 3.63) is 148 Å². The quantitative estimate of drug-likeness (QED) is 0.0903. The predicted molar refractivity (Wildman–Crippen MR) is 239 cm³/mol. The summed E-state index contributed by atoms with van der Waals surface area (Å²) in [7, 11) is 0. The first-order valence-electron chi connectivity index (χ1n) is 20.7. The van der Waals surface area contributed by atoms with E-state index in [9.17, 15) is 48.9 Å². The molecule has 16 heteroatoms. The second-order valence-corrected chi connectivity index (χ2v) is 16.5. The number of carbonyl (C=O) groups is 7. The number of aliphatic hydroxyl groups is 2. The van der Waals surface area contributed by atoms with Gasteiger partial charge < -0.3 is 41.9 Å². The number of benzene rings is 4. The van der Waals surface area contributed by atoms with Gasteiger partial charge >= 0.3 is 5.97 Å². The van der Waals surface area contributed by atoms with E-state index < -0.39 is 77.5 Å². The Balaban J connectivity index is 1.38. The third-order valence-electron chi connectivity index (χ3n) is 10.7. The number of carboxylic acid groups (broad SMARTS) is 1. The molecule has 6 atom stereocenters. The van der Waals surface area contributed by atoms with Gasteiger partial charge in [0.15, 0.2) is 18.0 Å². The van der Waals surface area contributed by atoms with Gasteiger partial charge in [0.1, 0.15) is 12.1 Å². The van der Waals surface area contributed by atoms with Crippen molar-refractivity contribution in [3.63, 3.8) is 0 Å². The Bertz CT molecular complexity index is 2400. The molecule has 8 N–H and O–H groups in total. The van der Waals surface area contributed by atoms with Crippen LogP contribution >= 0.6 is 11.3 Å². The van der Waals surface area contributed by atoms with Crippen molar-refractivity contribution in [1.29, 1.82) is 0 Å². The van der Waals surface area contributed by atoms with Crippen LogP contribution in [0.25, 0.3) is 11.1 Å². The number of thiophene rings is 1. The van der Waals surface area contributed by atoms with Crippen LogP contribution < -0.4 is 26.6 Å². The Labute approximate surface area is 373 Å². The lowest BCUT2D eigenvalue weighted by atomic mass is 9.89. The van der Waals surface area contributed by atoms with E-state index in [-0.39, 0.29) is 50.8 Å². The molecule has 5 aromatic rings. The Kier molecular flexibility index (Phi) is 16.3. The largest absolute Gasteiger partial charge is 0.481 e. The zero-order valence-corrected chi connectivity index (χ0v) is 35.5. The number of aliphatic carboxylic acids is 1. The summed E-state index contributed by atoms with van der Waals surface area (Å²) in [6.45, 7) is -0.194. The first-order chi connectivity index (χ1) is 30.8. The van der Waals surface area contributed by atoms with E-state index in [0.29, 0.717) is 21.6 Å². The Morgan fingerprint density at radius 1 is 0.594 bits per heavy atom. The van der Waals surface area contributed by atoms with E-state index in [4.69, 9.17) is 0 Å². The fourth-order valence-corrected chi connectivity index (χ4v) is 7.99. The van der Waals surface area contributed by atoms with Gasteiger partial charge in [0.2, 0.25) is 17.7 Å². The van der Waals surface area contributed by atoms with Crippen LogP contribution in [0.15, 0.2) is 127 Å². The zero-order valence-electron chi connectivity index (χ0n) is 34.6. The van der Waals surface area contributed by atoms with Crippen LogP contribution in [0, 0.1) is 5.92 Å². The van der Waals surface area contributed by atoms with Crippen molar-refractivity contribution in [3.8, 4) is 11.1 Å². The summed E-state index contributed by atoms with van der Waals surface area (Å²) in [4.78, 5) is 95.5. The van der Waals surface area contributed by atoms with E-state index in [0.717, 1.165) is 11.1 Å². The number of hydrogen-bond acceptors (Lipinski definition) is 10. The Hall–Kier alpha value is -7.01. The third kappa shape index (κ3) is 13.2. The van der Waals surface area contributed by atoms with Gasteiger partial charge in [0.25, 0.3) is 11.8 Å². The monoisotopic (exact) mass is 887 g/mol. The maximum absolute atomic E-state index is 14.6. The fourth-order valence-electron chi connectivity index (χ4n) is 7.24. The van der Waals surface area contributed by atoms with E-state index in [1.165, 1.54) is 23.5 Å². The van der Waals surface area contributed by atoms with Gasteiger partial charge in [-0.25, -0.2) is 0 Å². The van der Waals surface area contributed by atoms with Crippen molar-refractivity contribution >= 4 is 58.3 Å². The number of amides is 5. The lowest BCUT2D eigenvalue weighted by molar-refractivity contribution is -0.144. The van der Waals surface area contributed by atoms with Crippen molar-refractivity contribution < 1.29 is 48.9 Å². The summed E-state index contributed by atoms with van der Waals surface area (Å²) in [5, 5.41) is 45.7. The smallest absolute Gasteiger partial charge is 0.305 e. The lowest BCUT2D eigenvalue weighted by Crippen LogP contribution is -2.59. The van der Waals surface area contributed by atoms with Crippen LogP contribution in [-0.4, -0.2) is 93.5 Å². The molecule has 64 heavy (non-hydrogen) atoms. The van der Waals surface area contributed by atoms with E-state index in [1.54, 1.807) is 60.0 Å². The number of hydrogen-bond donors (Lipinski definition) is 8. The summed E-state index contributed by atoms with van der Waals surface area (Å²) in [6, 6.07) is 31.5. The van der Waals surface area contributed by atoms with Crippen molar-refractivity contribution in [2.45, 2.75) is 68.9 Å². The molecule has 2 aliphatic rings. The maximum Gasteiger partial charge on any atom is 0.305 e. The standard InChI is InChI=1S/C48H49N5O10S/c54-40-27-34(44(59)49-22-21-41(55)56)24-30-15-19-35(20-16-30)50-47(62)42(57)43(58)48(63)53-39(28-36-12-7-23-64-36)46(61)52-38(45(60)51-37(40)25-29-8-3-1-4-9-29)26-31-13-17-33(18-14-31)32-10-5-2-6-11-32/h1-20,23,34,37-39,42-43,57-58H,21-22,24-28H2,(H,49,59)(H,50,62)(H,51,60)(H,52,61)(H,53,63)(H,55,56)/t34-,37-,38+,39-,42-,43-/m1/s1. The minimum Gasteiger partial charge on any atom is -0.481 e. The highest BCUT2D eigenvalue weighted by molar-refractivity contribution is 7.09. The molecule has 15 nitrogen and oxygen atoms in total. The summed E-state index contributed by atoms with van der Waals surface area (Å²) in [5.74, 6) is -7.18. The molecular formula is C48H49N5O10S. The van der Waals surface area contributed by atoms with Gasteiger partial charge in [-0.2, -0.15) is 0 Å². The average Bonchev–Trinajstić information content (AvgIpc) is 3.81. The molecule has 4 aromatic carbocycles. The normalized spacial score (nSPS) is 21.4. The predicted octanol–water partition coefficient (Wildman–Crippen LogP) is 2.98. The van der Waals surface area contributed by atoms with Crippen LogP contribution in [0.3, 0.4) is 0 Å². The van der Waals surface area contributed by atoms with Crippen LogP contribution in [0.5, 0.6) is 0 Å². The van der Waals surface area contributed by atoms with Crippen molar-refractivity contribution in [1.82, 2.24) is 21.3 Å². The van der Waals surface area contributed by atoms with Crippen molar-refractivity contribution in [2.24, 2.45) is 5.92 Å². The minimum atomic E-state index is -2.31. The second kappa shape index (κ2) is 22.4. The first-order valence-corrected chi connectivity index (χ1v) is 21.6. The number of nitrogens with one attached hydrogen (secondary N) is 5. The summed E-state index contributed by atoms with van der Waals surface area (Å²) in [5.41, 5.74) is 3.93. The molecule has 1 aromatic heterocycles. The van der Waals surface area contributed by atoms with Crippen LogP contribution in [0.1, 0.15) is 34.4 Å². The molecule has 0 fully saturated rings. The molecule has 0 radical (unpaired) electrons. The number of aliphatic hydroxyl groups excluding tert-OH is 2. The highest BCUT2D eigenvalue weighted by Gasteiger charge is 2.36. The molecular weight excluding hydrogens is 839 g/mol. The minimum absolute atomic E-state index is 0.00429. The van der Waals surface area contributed by atoms with Gasteiger partial charge in [-0.1, -0.05) is 103 Å².